The lowest BCUT2D eigenvalue weighted by molar-refractivity contribution is 0.415. The molecule has 0 radical (unpaired) electrons. The Morgan fingerprint density at radius 2 is 1.68 bits per heavy atom. The van der Waals surface area contributed by atoms with Gasteiger partial charge in [-0.3, -0.25) is 0 Å². The minimum atomic E-state index is -0.591. The van der Waals surface area contributed by atoms with E-state index in [4.69, 9.17) is 4.74 Å². The molecular formula is C15H11F2NO. The number of aromatic amines is 1. The summed E-state index contributed by atoms with van der Waals surface area (Å²) in [4.78, 5) is 3.13. The molecule has 4 heteroatoms. The summed E-state index contributed by atoms with van der Waals surface area (Å²) in [5, 5.41) is 0.959. The van der Waals surface area contributed by atoms with Gasteiger partial charge in [0.15, 0.2) is 0 Å². The van der Waals surface area contributed by atoms with Gasteiger partial charge in [0.25, 0.3) is 0 Å². The van der Waals surface area contributed by atoms with Gasteiger partial charge < -0.3 is 9.72 Å². The number of hydrogen-bond acceptors (Lipinski definition) is 1. The molecule has 2 nitrogen and oxygen atoms in total. The lowest BCUT2D eigenvalue weighted by Crippen LogP contribution is -1.84. The largest absolute Gasteiger partial charge is 0.497 e. The SMILES string of the molecule is COc1ccc2cc(-c3cc(F)cc(F)c3)[nH]c2c1. The molecule has 0 atom stereocenters. The molecule has 3 rings (SSSR count). The number of methoxy groups -OCH3 is 1. The Morgan fingerprint density at radius 1 is 0.947 bits per heavy atom. The average Bonchev–Trinajstić information content (AvgIpc) is 2.80. The fourth-order valence-corrected chi connectivity index (χ4v) is 2.10. The van der Waals surface area contributed by atoms with Gasteiger partial charge in [-0.1, -0.05) is 0 Å². The van der Waals surface area contributed by atoms with Crippen LogP contribution in [0.3, 0.4) is 0 Å². The van der Waals surface area contributed by atoms with Crippen molar-refractivity contribution in [1.82, 2.24) is 4.98 Å². The predicted octanol–water partition coefficient (Wildman–Crippen LogP) is 4.12. The maximum Gasteiger partial charge on any atom is 0.126 e. The number of nitrogens with one attached hydrogen (secondary N) is 1. The first-order valence-electron chi connectivity index (χ1n) is 5.79. The monoisotopic (exact) mass is 259 g/mol. The van der Waals surface area contributed by atoms with E-state index in [0.717, 1.165) is 22.7 Å². The molecule has 0 saturated carbocycles. The van der Waals surface area contributed by atoms with E-state index in [1.807, 2.05) is 24.3 Å². The first-order valence-corrected chi connectivity index (χ1v) is 5.79. The molecule has 0 fully saturated rings. The van der Waals surface area contributed by atoms with Crippen molar-refractivity contribution in [2.45, 2.75) is 0 Å². The van der Waals surface area contributed by atoms with Crippen molar-refractivity contribution in [2.75, 3.05) is 7.11 Å². The highest BCUT2D eigenvalue weighted by Crippen LogP contribution is 2.27. The number of fused-ring (bicyclic) bond motifs is 1. The van der Waals surface area contributed by atoms with Crippen molar-refractivity contribution in [2.24, 2.45) is 0 Å². The van der Waals surface area contributed by atoms with Crippen LogP contribution in [0.2, 0.25) is 0 Å². The third-order valence-electron chi connectivity index (χ3n) is 3.00. The average molecular weight is 259 g/mol. The normalized spacial score (nSPS) is 10.9. The van der Waals surface area contributed by atoms with Crippen molar-refractivity contribution in [1.29, 1.82) is 0 Å². The van der Waals surface area contributed by atoms with E-state index in [1.165, 1.54) is 12.1 Å². The van der Waals surface area contributed by atoms with Crippen LogP contribution >= 0.6 is 0 Å². The molecule has 96 valence electrons. The lowest BCUT2D eigenvalue weighted by Gasteiger charge is -1.99. The van der Waals surface area contributed by atoms with Gasteiger partial charge in [0.05, 0.1) is 7.11 Å². The van der Waals surface area contributed by atoms with Crippen LogP contribution in [0.25, 0.3) is 22.2 Å². The first kappa shape index (κ1) is 11.7. The third kappa shape index (κ3) is 2.17. The standard InChI is InChI=1S/C15H11F2NO/c1-19-13-3-2-9-6-14(18-15(9)8-13)10-4-11(16)7-12(17)5-10/h2-8,18H,1H3. The molecule has 0 aliphatic rings. The molecule has 1 aromatic heterocycles. The number of benzene rings is 2. The molecule has 19 heavy (non-hydrogen) atoms. The van der Waals surface area contributed by atoms with Crippen LogP contribution in [0, 0.1) is 11.6 Å². The van der Waals surface area contributed by atoms with Crippen LogP contribution in [0.5, 0.6) is 5.75 Å². The Hall–Kier alpha value is -2.36. The Bertz CT molecular complexity index is 729. The summed E-state index contributed by atoms with van der Waals surface area (Å²) in [7, 11) is 1.59. The zero-order valence-corrected chi connectivity index (χ0v) is 10.2. The topological polar surface area (TPSA) is 25.0 Å². The minimum absolute atomic E-state index is 0.479. The van der Waals surface area contributed by atoms with Gasteiger partial charge >= 0.3 is 0 Å². The first-order chi connectivity index (χ1) is 9.15. The van der Waals surface area contributed by atoms with Crippen molar-refractivity contribution < 1.29 is 13.5 Å². The number of halogens is 2. The molecule has 1 N–H and O–H groups in total. The summed E-state index contributed by atoms with van der Waals surface area (Å²) >= 11 is 0. The highest BCUT2D eigenvalue weighted by atomic mass is 19.1. The second kappa shape index (κ2) is 4.39. The van der Waals surface area contributed by atoms with E-state index in [0.29, 0.717) is 11.3 Å². The van der Waals surface area contributed by atoms with Crippen LogP contribution in [0.1, 0.15) is 0 Å². The van der Waals surface area contributed by atoms with E-state index in [2.05, 4.69) is 4.98 Å². The molecule has 0 aliphatic heterocycles. The summed E-state index contributed by atoms with van der Waals surface area (Å²) in [6, 6.07) is 10.9. The molecule has 0 bridgehead atoms. The maximum absolute atomic E-state index is 13.2. The Labute approximate surface area is 108 Å². The second-order valence-electron chi connectivity index (χ2n) is 4.29. The molecule has 0 aliphatic carbocycles. The van der Waals surface area contributed by atoms with E-state index in [-0.39, 0.29) is 0 Å². The van der Waals surface area contributed by atoms with Crippen molar-refractivity contribution >= 4 is 10.9 Å². The van der Waals surface area contributed by atoms with Gasteiger partial charge in [-0.05, 0) is 30.3 Å². The van der Waals surface area contributed by atoms with Gasteiger partial charge in [-0.25, -0.2) is 8.78 Å². The van der Waals surface area contributed by atoms with Crippen molar-refractivity contribution in [3.05, 3.63) is 54.1 Å². The second-order valence-corrected chi connectivity index (χ2v) is 4.29. The Kier molecular flexibility index (Phi) is 2.71. The van der Waals surface area contributed by atoms with Crippen molar-refractivity contribution in [3.8, 4) is 17.0 Å². The maximum atomic E-state index is 13.2. The molecule has 0 saturated heterocycles. The van der Waals surface area contributed by atoms with Gasteiger partial charge in [0, 0.05) is 34.3 Å². The number of aromatic nitrogens is 1. The van der Waals surface area contributed by atoms with Crippen LogP contribution in [-0.2, 0) is 0 Å². The fraction of sp³-hybridized carbons (Fsp3) is 0.0667. The Balaban J connectivity index is 2.14. The molecule has 0 spiro atoms. The number of hydrogen-bond donors (Lipinski definition) is 1. The Morgan fingerprint density at radius 3 is 2.37 bits per heavy atom. The van der Waals surface area contributed by atoms with Crippen LogP contribution in [-0.4, -0.2) is 12.1 Å². The molecule has 0 amide bonds. The van der Waals surface area contributed by atoms with Crippen LogP contribution in [0.15, 0.2) is 42.5 Å². The number of rotatable bonds is 2. The summed E-state index contributed by atoms with van der Waals surface area (Å²) in [5.74, 6) is -0.455. The smallest absolute Gasteiger partial charge is 0.126 e. The quantitative estimate of drug-likeness (QED) is 0.735. The third-order valence-corrected chi connectivity index (χ3v) is 3.00. The molecular weight excluding hydrogens is 248 g/mol. The minimum Gasteiger partial charge on any atom is -0.497 e. The molecule has 1 heterocycles. The van der Waals surface area contributed by atoms with E-state index >= 15 is 0 Å². The van der Waals surface area contributed by atoms with E-state index in [1.54, 1.807) is 7.11 Å². The van der Waals surface area contributed by atoms with Gasteiger partial charge in [0.2, 0.25) is 0 Å². The molecule has 3 aromatic rings. The van der Waals surface area contributed by atoms with E-state index in [9.17, 15) is 8.78 Å². The summed E-state index contributed by atoms with van der Waals surface area (Å²) in [6.45, 7) is 0. The highest BCUT2D eigenvalue weighted by molar-refractivity contribution is 5.86. The summed E-state index contributed by atoms with van der Waals surface area (Å²) < 4.78 is 31.6. The predicted molar refractivity (Wildman–Crippen MR) is 70.2 cm³/mol. The number of ether oxygens (including phenoxy) is 1. The van der Waals surface area contributed by atoms with Crippen LogP contribution < -0.4 is 4.74 Å². The lowest BCUT2D eigenvalue weighted by atomic mass is 10.1. The zero-order chi connectivity index (χ0) is 13.4. The van der Waals surface area contributed by atoms with Crippen LogP contribution in [0.4, 0.5) is 8.78 Å². The molecule has 2 aromatic carbocycles. The highest BCUT2D eigenvalue weighted by Gasteiger charge is 2.07. The summed E-state index contributed by atoms with van der Waals surface area (Å²) in [5.41, 5.74) is 2.01. The van der Waals surface area contributed by atoms with Gasteiger partial charge in [-0.2, -0.15) is 0 Å². The zero-order valence-electron chi connectivity index (χ0n) is 10.2. The fourth-order valence-electron chi connectivity index (χ4n) is 2.10. The summed E-state index contributed by atoms with van der Waals surface area (Å²) in [6.07, 6.45) is 0. The van der Waals surface area contributed by atoms with E-state index < -0.39 is 11.6 Å². The van der Waals surface area contributed by atoms with Crippen molar-refractivity contribution in [3.63, 3.8) is 0 Å². The molecule has 0 unspecified atom stereocenters. The van der Waals surface area contributed by atoms with Gasteiger partial charge in [-0.15, -0.1) is 0 Å². The number of H-pyrrole nitrogens is 1. The van der Waals surface area contributed by atoms with Gasteiger partial charge in [0.1, 0.15) is 17.4 Å².